The highest BCUT2D eigenvalue weighted by molar-refractivity contribution is 4.84. The summed E-state index contributed by atoms with van der Waals surface area (Å²) < 4.78 is 7.56. The molecule has 0 bridgehead atoms. The largest absolute Gasteiger partial charge is 0.378 e. The average molecular weight is 266 g/mol. The van der Waals surface area contributed by atoms with Gasteiger partial charge in [-0.2, -0.15) is 5.10 Å². The second kappa shape index (κ2) is 6.48. The van der Waals surface area contributed by atoms with E-state index in [1.165, 1.54) is 12.8 Å². The zero-order valence-electron chi connectivity index (χ0n) is 12.4. The van der Waals surface area contributed by atoms with Crippen molar-refractivity contribution in [2.24, 2.45) is 0 Å². The zero-order valence-corrected chi connectivity index (χ0v) is 12.4. The second-order valence-corrected chi connectivity index (χ2v) is 6.30. The highest BCUT2D eigenvalue weighted by atomic mass is 16.5. The molecule has 108 valence electrons. The Hall–Kier alpha value is -0.940. The summed E-state index contributed by atoms with van der Waals surface area (Å²) in [4.78, 5) is 4.33. The van der Waals surface area contributed by atoms with Gasteiger partial charge < -0.3 is 10.1 Å². The van der Waals surface area contributed by atoms with Crippen LogP contribution in [0.25, 0.3) is 0 Å². The van der Waals surface area contributed by atoms with Crippen LogP contribution in [0.5, 0.6) is 0 Å². The third-order valence-electron chi connectivity index (χ3n) is 3.30. The van der Waals surface area contributed by atoms with Crippen molar-refractivity contribution >= 4 is 0 Å². The number of hydrogen-bond acceptors (Lipinski definition) is 4. The van der Waals surface area contributed by atoms with Gasteiger partial charge in [0, 0.05) is 18.7 Å². The Labute approximate surface area is 115 Å². The van der Waals surface area contributed by atoms with Crippen LogP contribution in [-0.4, -0.2) is 33.0 Å². The zero-order chi connectivity index (χ0) is 13.7. The van der Waals surface area contributed by atoms with Gasteiger partial charge in [-0.15, -0.1) is 0 Å². The predicted octanol–water partition coefficient (Wildman–Crippen LogP) is 2.13. The lowest BCUT2D eigenvalue weighted by atomic mass is 10.1. The quantitative estimate of drug-likeness (QED) is 0.857. The Morgan fingerprint density at radius 3 is 3.00 bits per heavy atom. The van der Waals surface area contributed by atoms with Crippen LogP contribution in [0.3, 0.4) is 0 Å². The van der Waals surface area contributed by atoms with Gasteiger partial charge in [-0.25, -0.2) is 4.98 Å². The molecule has 1 atom stereocenters. The summed E-state index contributed by atoms with van der Waals surface area (Å²) in [6.45, 7) is 9.03. The fourth-order valence-corrected chi connectivity index (χ4v) is 2.22. The van der Waals surface area contributed by atoms with Crippen molar-refractivity contribution in [1.29, 1.82) is 0 Å². The number of nitrogens with zero attached hydrogens (tertiary/aromatic N) is 3. The molecular formula is C14H26N4O. The van der Waals surface area contributed by atoms with Gasteiger partial charge in [-0.3, -0.25) is 4.68 Å². The highest BCUT2D eigenvalue weighted by Crippen LogP contribution is 2.16. The summed E-state index contributed by atoms with van der Waals surface area (Å²) in [7, 11) is 0. The topological polar surface area (TPSA) is 52.0 Å². The standard InChI is InChI=1S/C14H26N4O/c1-14(2,3)16-10-13-15-11-18(17-13)8-4-6-12-7-5-9-19-12/h11-12,16H,4-10H2,1-3H3. The minimum absolute atomic E-state index is 0.102. The number of aromatic nitrogens is 3. The van der Waals surface area contributed by atoms with Crippen molar-refractivity contribution in [3.8, 4) is 0 Å². The summed E-state index contributed by atoms with van der Waals surface area (Å²) >= 11 is 0. The normalized spacial score (nSPS) is 20.1. The number of hydrogen-bond donors (Lipinski definition) is 1. The van der Waals surface area contributed by atoms with Crippen LogP contribution in [-0.2, 0) is 17.8 Å². The van der Waals surface area contributed by atoms with E-state index >= 15 is 0 Å². The summed E-state index contributed by atoms with van der Waals surface area (Å²) in [5, 5.41) is 7.87. The van der Waals surface area contributed by atoms with Crippen molar-refractivity contribution in [3.05, 3.63) is 12.2 Å². The molecule has 0 amide bonds. The van der Waals surface area contributed by atoms with E-state index in [-0.39, 0.29) is 5.54 Å². The number of aryl methyl sites for hydroxylation is 1. The fraction of sp³-hybridized carbons (Fsp3) is 0.857. The van der Waals surface area contributed by atoms with Crippen LogP contribution in [0.1, 0.15) is 52.3 Å². The molecule has 1 fully saturated rings. The molecule has 0 radical (unpaired) electrons. The third-order valence-corrected chi connectivity index (χ3v) is 3.30. The second-order valence-electron chi connectivity index (χ2n) is 6.30. The molecule has 19 heavy (non-hydrogen) atoms. The van der Waals surface area contributed by atoms with E-state index < -0.39 is 0 Å². The maximum Gasteiger partial charge on any atom is 0.164 e. The first-order chi connectivity index (χ1) is 9.03. The first kappa shape index (κ1) is 14.5. The Morgan fingerprint density at radius 1 is 1.47 bits per heavy atom. The number of ether oxygens (including phenoxy) is 1. The molecule has 5 nitrogen and oxygen atoms in total. The number of nitrogens with one attached hydrogen (secondary N) is 1. The molecule has 0 aromatic carbocycles. The van der Waals surface area contributed by atoms with Crippen molar-refractivity contribution in [3.63, 3.8) is 0 Å². The minimum Gasteiger partial charge on any atom is -0.378 e. The van der Waals surface area contributed by atoms with Gasteiger partial charge in [0.1, 0.15) is 6.33 Å². The van der Waals surface area contributed by atoms with E-state index in [9.17, 15) is 0 Å². The minimum atomic E-state index is 0.102. The molecule has 1 aliphatic heterocycles. The molecule has 1 saturated heterocycles. The van der Waals surface area contributed by atoms with Gasteiger partial charge in [0.2, 0.25) is 0 Å². The Kier molecular flexibility index (Phi) is 4.93. The maximum absolute atomic E-state index is 5.62. The van der Waals surface area contributed by atoms with E-state index in [2.05, 4.69) is 36.2 Å². The van der Waals surface area contributed by atoms with Gasteiger partial charge in [0.25, 0.3) is 0 Å². The molecule has 0 saturated carbocycles. The lowest BCUT2D eigenvalue weighted by molar-refractivity contribution is 0.101. The Bertz CT molecular complexity index is 377. The van der Waals surface area contributed by atoms with E-state index in [1.54, 1.807) is 0 Å². The maximum atomic E-state index is 5.62. The van der Waals surface area contributed by atoms with Gasteiger partial charge in [-0.1, -0.05) is 0 Å². The Balaban J connectivity index is 1.68. The summed E-state index contributed by atoms with van der Waals surface area (Å²) in [5.74, 6) is 0.868. The molecule has 2 rings (SSSR count). The van der Waals surface area contributed by atoms with Crippen LogP contribution < -0.4 is 5.32 Å². The highest BCUT2D eigenvalue weighted by Gasteiger charge is 2.15. The van der Waals surface area contributed by atoms with Gasteiger partial charge in [-0.05, 0) is 46.5 Å². The SMILES string of the molecule is CC(C)(C)NCc1ncn(CCCC2CCCO2)n1. The monoisotopic (exact) mass is 266 g/mol. The molecule has 1 unspecified atom stereocenters. The molecule has 1 aromatic rings. The van der Waals surface area contributed by atoms with E-state index in [0.717, 1.165) is 38.4 Å². The molecule has 5 heteroatoms. The van der Waals surface area contributed by atoms with Crippen molar-refractivity contribution in [2.75, 3.05) is 6.61 Å². The molecule has 1 N–H and O–H groups in total. The molecule has 0 spiro atoms. The molecule has 0 aliphatic carbocycles. The first-order valence-electron chi connectivity index (χ1n) is 7.28. The molecule has 1 aromatic heterocycles. The Morgan fingerprint density at radius 2 is 2.32 bits per heavy atom. The summed E-state index contributed by atoms with van der Waals surface area (Å²) in [5.41, 5.74) is 0.102. The lowest BCUT2D eigenvalue weighted by Crippen LogP contribution is -2.35. The van der Waals surface area contributed by atoms with Crippen molar-refractivity contribution in [2.45, 2.75) is 71.2 Å². The molecule has 2 heterocycles. The van der Waals surface area contributed by atoms with E-state index in [0.29, 0.717) is 6.10 Å². The van der Waals surface area contributed by atoms with Crippen LogP contribution in [0.2, 0.25) is 0 Å². The fourth-order valence-electron chi connectivity index (χ4n) is 2.22. The summed E-state index contributed by atoms with van der Waals surface area (Å²) in [6.07, 6.45) is 6.99. The van der Waals surface area contributed by atoms with Crippen LogP contribution in [0, 0.1) is 0 Å². The smallest absolute Gasteiger partial charge is 0.164 e. The first-order valence-corrected chi connectivity index (χ1v) is 7.28. The lowest BCUT2D eigenvalue weighted by Gasteiger charge is -2.19. The van der Waals surface area contributed by atoms with E-state index in [1.807, 2.05) is 11.0 Å². The van der Waals surface area contributed by atoms with Gasteiger partial charge >= 0.3 is 0 Å². The molecular weight excluding hydrogens is 240 g/mol. The number of rotatable bonds is 6. The van der Waals surface area contributed by atoms with Crippen molar-refractivity contribution < 1.29 is 4.74 Å². The van der Waals surface area contributed by atoms with E-state index in [4.69, 9.17) is 4.74 Å². The molecule has 1 aliphatic rings. The van der Waals surface area contributed by atoms with Gasteiger partial charge in [0.15, 0.2) is 5.82 Å². The third kappa shape index (κ3) is 5.28. The van der Waals surface area contributed by atoms with Crippen LogP contribution in [0.15, 0.2) is 6.33 Å². The van der Waals surface area contributed by atoms with Crippen molar-refractivity contribution in [1.82, 2.24) is 20.1 Å². The van der Waals surface area contributed by atoms with Crippen LogP contribution >= 0.6 is 0 Å². The average Bonchev–Trinajstić information content (AvgIpc) is 2.97. The predicted molar refractivity (Wildman–Crippen MR) is 74.8 cm³/mol. The summed E-state index contributed by atoms with van der Waals surface area (Å²) in [6, 6.07) is 0. The van der Waals surface area contributed by atoms with Gasteiger partial charge in [0.05, 0.1) is 12.6 Å². The van der Waals surface area contributed by atoms with Crippen LogP contribution in [0.4, 0.5) is 0 Å².